The molecule has 20 heavy (non-hydrogen) atoms. The molecule has 0 atom stereocenters. The Morgan fingerprint density at radius 2 is 2.05 bits per heavy atom. The average molecular weight is 354 g/mol. The van der Waals surface area contributed by atoms with Crippen LogP contribution in [0.2, 0.25) is 0 Å². The first-order chi connectivity index (χ1) is 9.38. The summed E-state index contributed by atoms with van der Waals surface area (Å²) < 4.78 is 14.0. The van der Waals surface area contributed by atoms with Gasteiger partial charge in [-0.15, -0.1) is 0 Å². The van der Waals surface area contributed by atoms with Gasteiger partial charge in [-0.1, -0.05) is 12.2 Å². The lowest BCUT2D eigenvalue weighted by Gasteiger charge is -2.14. The van der Waals surface area contributed by atoms with Crippen LogP contribution < -0.4 is 11.1 Å². The Hall–Kier alpha value is -1.53. The second-order valence-electron chi connectivity index (χ2n) is 4.39. The van der Waals surface area contributed by atoms with Gasteiger partial charge < -0.3 is 11.1 Å². The predicted molar refractivity (Wildman–Crippen MR) is 87.0 cm³/mol. The van der Waals surface area contributed by atoms with E-state index in [0.29, 0.717) is 15.7 Å². The second kappa shape index (κ2) is 5.85. The molecule has 2 aromatic rings. The zero-order valence-electron chi connectivity index (χ0n) is 11.0. The number of benzene rings is 1. The number of pyridine rings is 1. The van der Waals surface area contributed by atoms with Gasteiger partial charge in [0.2, 0.25) is 0 Å². The van der Waals surface area contributed by atoms with E-state index in [-0.39, 0.29) is 10.8 Å². The standard InChI is InChI=1S/C14H13BrFN3S/c1-7-5-12(13(14(17)20)8(2)18-7)19-9-3-4-10(15)11(16)6-9/h3-6H,1-2H3,(H2,17,20)(H,18,19). The van der Waals surface area contributed by atoms with Gasteiger partial charge in [0.25, 0.3) is 0 Å². The number of nitrogens with two attached hydrogens (primary N) is 1. The van der Waals surface area contributed by atoms with Crippen LogP contribution in [-0.2, 0) is 0 Å². The molecule has 1 heterocycles. The van der Waals surface area contributed by atoms with Crippen LogP contribution in [0.25, 0.3) is 0 Å². The largest absolute Gasteiger partial charge is 0.389 e. The maximum atomic E-state index is 13.5. The molecular formula is C14H13BrFN3S. The number of nitrogens with one attached hydrogen (secondary N) is 1. The van der Waals surface area contributed by atoms with Crippen LogP contribution in [0.15, 0.2) is 28.7 Å². The van der Waals surface area contributed by atoms with E-state index in [4.69, 9.17) is 18.0 Å². The van der Waals surface area contributed by atoms with E-state index >= 15 is 0 Å². The van der Waals surface area contributed by atoms with Crippen molar-refractivity contribution in [3.05, 3.63) is 51.5 Å². The molecule has 1 aromatic carbocycles. The number of rotatable bonds is 3. The van der Waals surface area contributed by atoms with Gasteiger partial charge in [-0.25, -0.2) is 4.39 Å². The lowest BCUT2D eigenvalue weighted by Crippen LogP contribution is -2.15. The highest BCUT2D eigenvalue weighted by atomic mass is 79.9. The molecule has 3 nitrogen and oxygen atoms in total. The van der Waals surface area contributed by atoms with Gasteiger partial charge in [0.1, 0.15) is 10.8 Å². The number of thiocarbonyl (C=S) groups is 1. The van der Waals surface area contributed by atoms with Gasteiger partial charge in [0.05, 0.1) is 15.7 Å². The molecule has 0 fully saturated rings. The Bertz CT molecular complexity index is 688. The van der Waals surface area contributed by atoms with E-state index in [1.807, 2.05) is 19.9 Å². The highest BCUT2D eigenvalue weighted by molar-refractivity contribution is 9.10. The quantitative estimate of drug-likeness (QED) is 0.819. The molecular weight excluding hydrogens is 341 g/mol. The summed E-state index contributed by atoms with van der Waals surface area (Å²) in [5.74, 6) is -0.339. The smallest absolute Gasteiger partial charge is 0.139 e. The highest BCUT2D eigenvalue weighted by Gasteiger charge is 2.12. The molecule has 0 aliphatic rings. The number of anilines is 2. The monoisotopic (exact) mass is 353 g/mol. The molecule has 104 valence electrons. The Morgan fingerprint density at radius 3 is 2.65 bits per heavy atom. The minimum atomic E-state index is -0.339. The summed E-state index contributed by atoms with van der Waals surface area (Å²) in [7, 11) is 0. The minimum absolute atomic E-state index is 0.259. The van der Waals surface area contributed by atoms with Crippen molar-refractivity contribution in [3.63, 3.8) is 0 Å². The predicted octanol–water partition coefficient (Wildman–Crippen LogP) is 3.98. The lowest BCUT2D eigenvalue weighted by molar-refractivity contribution is 0.622. The summed E-state index contributed by atoms with van der Waals surface area (Å²) in [6.45, 7) is 3.72. The molecule has 0 saturated carbocycles. The van der Waals surface area contributed by atoms with E-state index < -0.39 is 0 Å². The van der Waals surface area contributed by atoms with E-state index in [9.17, 15) is 4.39 Å². The first-order valence-corrected chi connectivity index (χ1v) is 7.08. The van der Waals surface area contributed by atoms with Crippen LogP contribution in [0, 0.1) is 19.7 Å². The van der Waals surface area contributed by atoms with Crippen LogP contribution in [0.3, 0.4) is 0 Å². The van der Waals surface area contributed by atoms with Gasteiger partial charge in [-0.2, -0.15) is 0 Å². The Kier molecular flexibility index (Phi) is 4.35. The van der Waals surface area contributed by atoms with Crippen molar-refractivity contribution in [1.29, 1.82) is 0 Å². The molecule has 0 radical (unpaired) electrons. The molecule has 3 N–H and O–H groups in total. The Morgan fingerprint density at radius 1 is 1.35 bits per heavy atom. The summed E-state index contributed by atoms with van der Waals surface area (Å²) in [6.07, 6.45) is 0. The molecule has 0 bridgehead atoms. The summed E-state index contributed by atoms with van der Waals surface area (Å²) in [5.41, 5.74) is 9.35. The number of halogens is 2. The molecule has 2 rings (SSSR count). The van der Waals surface area contributed by atoms with Gasteiger partial charge >= 0.3 is 0 Å². The molecule has 0 unspecified atom stereocenters. The topological polar surface area (TPSA) is 50.9 Å². The molecule has 6 heteroatoms. The van der Waals surface area contributed by atoms with Crippen molar-refractivity contribution >= 4 is 44.5 Å². The van der Waals surface area contributed by atoms with Crippen molar-refractivity contribution in [1.82, 2.24) is 4.98 Å². The van der Waals surface area contributed by atoms with Crippen molar-refractivity contribution < 1.29 is 4.39 Å². The average Bonchev–Trinajstić information content (AvgIpc) is 2.32. The van der Waals surface area contributed by atoms with Crippen molar-refractivity contribution in [2.75, 3.05) is 5.32 Å². The normalized spacial score (nSPS) is 10.4. The van der Waals surface area contributed by atoms with Crippen LogP contribution in [0.5, 0.6) is 0 Å². The van der Waals surface area contributed by atoms with Crippen LogP contribution in [-0.4, -0.2) is 9.97 Å². The minimum Gasteiger partial charge on any atom is -0.389 e. The summed E-state index contributed by atoms with van der Waals surface area (Å²) >= 11 is 8.18. The van der Waals surface area contributed by atoms with E-state index in [1.54, 1.807) is 12.1 Å². The number of aryl methyl sites for hydroxylation is 2. The maximum Gasteiger partial charge on any atom is 0.139 e. The van der Waals surface area contributed by atoms with Crippen molar-refractivity contribution in [3.8, 4) is 0 Å². The first kappa shape index (κ1) is 14.9. The van der Waals surface area contributed by atoms with Gasteiger partial charge in [0, 0.05) is 17.1 Å². The first-order valence-electron chi connectivity index (χ1n) is 5.88. The SMILES string of the molecule is Cc1cc(Nc2ccc(Br)c(F)c2)c(C(N)=S)c(C)n1. The summed E-state index contributed by atoms with van der Waals surface area (Å²) in [5, 5.41) is 3.14. The molecule has 0 aliphatic carbocycles. The molecule has 0 saturated heterocycles. The zero-order chi connectivity index (χ0) is 14.9. The van der Waals surface area contributed by atoms with E-state index in [0.717, 1.165) is 17.1 Å². The Labute approximate surface area is 130 Å². The maximum absolute atomic E-state index is 13.5. The fraction of sp³-hybridized carbons (Fsp3) is 0.143. The third kappa shape index (κ3) is 3.13. The fourth-order valence-electron chi connectivity index (χ4n) is 1.97. The third-order valence-electron chi connectivity index (χ3n) is 2.77. The van der Waals surface area contributed by atoms with Crippen LogP contribution >= 0.6 is 28.1 Å². The highest BCUT2D eigenvalue weighted by Crippen LogP contribution is 2.26. The van der Waals surface area contributed by atoms with Crippen LogP contribution in [0.1, 0.15) is 17.0 Å². The van der Waals surface area contributed by atoms with E-state index in [2.05, 4.69) is 26.2 Å². The van der Waals surface area contributed by atoms with Gasteiger partial charge in [0.15, 0.2) is 0 Å². The number of aromatic nitrogens is 1. The lowest BCUT2D eigenvalue weighted by atomic mass is 10.1. The molecule has 0 aliphatic heterocycles. The van der Waals surface area contributed by atoms with Crippen molar-refractivity contribution in [2.24, 2.45) is 5.73 Å². The summed E-state index contributed by atoms with van der Waals surface area (Å²) in [6, 6.07) is 6.64. The van der Waals surface area contributed by atoms with Crippen LogP contribution in [0.4, 0.5) is 15.8 Å². The molecule has 0 amide bonds. The van der Waals surface area contributed by atoms with E-state index in [1.165, 1.54) is 6.07 Å². The van der Waals surface area contributed by atoms with Gasteiger partial charge in [-0.05, 0) is 54.0 Å². The van der Waals surface area contributed by atoms with Gasteiger partial charge in [-0.3, -0.25) is 4.98 Å². The van der Waals surface area contributed by atoms with Crippen molar-refractivity contribution in [2.45, 2.75) is 13.8 Å². The number of nitrogens with zero attached hydrogens (tertiary/aromatic N) is 1. The molecule has 0 spiro atoms. The summed E-state index contributed by atoms with van der Waals surface area (Å²) in [4.78, 5) is 4.60. The number of hydrogen-bond donors (Lipinski definition) is 2. The zero-order valence-corrected chi connectivity index (χ0v) is 13.4. The third-order valence-corrected chi connectivity index (χ3v) is 3.62. The molecule has 1 aromatic heterocycles. The number of hydrogen-bond acceptors (Lipinski definition) is 3. The fourth-order valence-corrected chi connectivity index (χ4v) is 2.47. The second-order valence-corrected chi connectivity index (χ2v) is 5.68. The Balaban J connectivity index is 2.47.